The second-order valence-electron chi connectivity index (χ2n) is 5.95. The number of hydrogen-bond donors (Lipinski definition) is 1. The Morgan fingerprint density at radius 3 is 2.57 bits per heavy atom. The van der Waals surface area contributed by atoms with Crippen molar-refractivity contribution in [3.63, 3.8) is 0 Å². The van der Waals surface area contributed by atoms with Gasteiger partial charge >= 0.3 is 6.36 Å². The largest absolute Gasteiger partial charge is 0.573 e. The molecule has 0 fully saturated rings. The fourth-order valence-electron chi connectivity index (χ4n) is 2.60. The summed E-state index contributed by atoms with van der Waals surface area (Å²) in [4.78, 5) is 28.8. The Morgan fingerprint density at radius 2 is 1.83 bits per heavy atom. The average Bonchev–Trinajstić information content (AvgIpc) is 3.09. The van der Waals surface area contributed by atoms with Crippen molar-refractivity contribution in [1.82, 2.24) is 14.8 Å². The molecule has 0 bridgehead atoms. The predicted octanol–water partition coefficient (Wildman–Crippen LogP) is 3.99. The summed E-state index contributed by atoms with van der Waals surface area (Å²) < 4.78 is 42.5. The summed E-state index contributed by atoms with van der Waals surface area (Å²) in [6.45, 7) is 0. The smallest absolute Gasteiger partial charge is 0.406 e. The molecule has 152 valence electrons. The molecule has 2 heterocycles. The maximum absolute atomic E-state index is 12.5. The maximum atomic E-state index is 12.5. The molecule has 2 aromatic carbocycles. The molecule has 4 rings (SSSR count). The van der Waals surface area contributed by atoms with Gasteiger partial charge in [-0.3, -0.25) is 14.9 Å². The molecule has 2 aromatic heterocycles. The van der Waals surface area contributed by atoms with Crippen molar-refractivity contribution in [2.75, 3.05) is 5.32 Å². The summed E-state index contributed by atoms with van der Waals surface area (Å²) in [5.74, 6) is -1.00. The number of fused-ring (bicyclic) bond motifs is 1. The van der Waals surface area contributed by atoms with E-state index >= 15 is 0 Å². The number of thiazole rings is 1. The summed E-state index contributed by atoms with van der Waals surface area (Å²) in [5, 5.41) is 6.78. The molecular formula is C19H11F3N4O3S. The average molecular weight is 432 g/mol. The van der Waals surface area contributed by atoms with Gasteiger partial charge in [0.2, 0.25) is 0 Å². The second-order valence-corrected chi connectivity index (χ2v) is 6.99. The van der Waals surface area contributed by atoms with Crippen LogP contribution in [0.25, 0.3) is 15.9 Å². The lowest BCUT2D eigenvalue weighted by atomic mass is 10.3. The van der Waals surface area contributed by atoms with Gasteiger partial charge in [-0.2, -0.15) is 9.78 Å². The number of rotatable bonds is 4. The highest BCUT2D eigenvalue weighted by Crippen LogP contribution is 2.31. The number of ether oxygens (including phenoxy) is 1. The van der Waals surface area contributed by atoms with Gasteiger partial charge in [0.25, 0.3) is 11.5 Å². The lowest BCUT2D eigenvalue weighted by molar-refractivity contribution is -0.274. The number of nitrogens with one attached hydrogen (secondary N) is 1. The number of nitrogens with zero attached hydrogens (tertiary/aromatic N) is 3. The van der Waals surface area contributed by atoms with Gasteiger partial charge in [-0.05, 0) is 30.3 Å². The van der Waals surface area contributed by atoms with Gasteiger partial charge < -0.3 is 4.74 Å². The van der Waals surface area contributed by atoms with Gasteiger partial charge in [-0.15, -0.1) is 13.2 Å². The molecular weight excluding hydrogens is 421 g/mol. The topological polar surface area (TPSA) is 86.1 Å². The molecule has 1 amide bonds. The molecule has 0 spiro atoms. The number of carbonyl (C=O) groups is 1. The first-order valence-electron chi connectivity index (χ1n) is 8.42. The van der Waals surface area contributed by atoms with E-state index in [9.17, 15) is 22.8 Å². The number of hydrogen-bond acceptors (Lipinski definition) is 6. The highest BCUT2D eigenvalue weighted by molar-refractivity contribution is 7.22. The summed E-state index contributed by atoms with van der Waals surface area (Å²) in [7, 11) is 0. The van der Waals surface area contributed by atoms with Crippen LogP contribution in [0.2, 0.25) is 0 Å². The van der Waals surface area contributed by atoms with Gasteiger partial charge in [0, 0.05) is 12.1 Å². The molecule has 0 saturated heterocycles. The molecule has 0 unspecified atom stereocenters. The number of benzene rings is 2. The zero-order valence-electron chi connectivity index (χ0n) is 14.9. The van der Waals surface area contributed by atoms with E-state index in [1.54, 1.807) is 30.3 Å². The van der Waals surface area contributed by atoms with Gasteiger partial charge in [-0.1, -0.05) is 29.5 Å². The van der Waals surface area contributed by atoms with Crippen LogP contribution in [0, 0.1) is 0 Å². The third kappa shape index (κ3) is 4.30. The molecule has 4 aromatic rings. The minimum atomic E-state index is -4.80. The van der Waals surface area contributed by atoms with E-state index in [1.807, 2.05) is 0 Å². The first-order chi connectivity index (χ1) is 14.3. The van der Waals surface area contributed by atoms with Crippen molar-refractivity contribution in [3.8, 4) is 11.4 Å². The van der Waals surface area contributed by atoms with E-state index in [-0.39, 0.29) is 16.6 Å². The van der Waals surface area contributed by atoms with Crippen molar-refractivity contribution in [1.29, 1.82) is 0 Å². The van der Waals surface area contributed by atoms with E-state index in [1.165, 1.54) is 24.3 Å². The normalized spacial score (nSPS) is 11.4. The zero-order valence-corrected chi connectivity index (χ0v) is 15.7. The van der Waals surface area contributed by atoms with Crippen LogP contribution in [-0.4, -0.2) is 27.0 Å². The molecule has 11 heteroatoms. The van der Waals surface area contributed by atoms with E-state index in [4.69, 9.17) is 0 Å². The van der Waals surface area contributed by atoms with Crippen molar-refractivity contribution >= 4 is 32.6 Å². The monoisotopic (exact) mass is 432 g/mol. The number of anilines is 1. The summed E-state index contributed by atoms with van der Waals surface area (Å²) in [6, 6.07) is 14.8. The predicted molar refractivity (Wildman–Crippen MR) is 104 cm³/mol. The highest BCUT2D eigenvalue weighted by Gasteiger charge is 2.31. The third-order valence-corrected chi connectivity index (χ3v) is 4.78. The number of alkyl halides is 3. The Bertz CT molecular complexity index is 1290. The minimum Gasteiger partial charge on any atom is -0.406 e. The fraction of sp³-hybridized carbons (Fsp3) is 0.0526. The maximum Gasteiger partial charge on any atom is 0.573 e. The van der Waals surface area contributed by atoms with Crippen LogP contribution in [-0.2, 0) is 0 Å². The van der Waals surface area contributed by atoms with Gasteiger partial charge in [-0.25, -0.2) is 4.98 Å². The Hall–Kier alpha value is -3.73. The summed E-state index contributed by atoms with van der Waals surface area (Å²) in [6.07, 6.45) is -4.80. The van der Waals surface area contributed by atoms with Crippen LogP contribution in [0.5, 0.6) is 5.75 Å². The van der Waals surface area contributed by atoms with Crippen molar-refractivity contribution in [2.24, 2.45) is 0 Å². The van der Waals surface area contributed by atoms with Crippen LogP contribution < -0.4 is 15.6 Å². The lowest BCUT2D eigenvalue weighted by Gasteiger charge is -2.07. The van der Waals surface area contributed by atoms with Gasteiger partial charge in [0.1, 0.15) is 11.4 Å². The van der Waals surface area contributed by atoms with Crippen molar-refractivity contribution in [2.45, 2.75) is 6.36 Å². The number of aromatic nitrogens is 3. The first-order valence-corrected chi connectivity index (χ1v) is 9.24. The highest BCUT2D eigenvalue weighted by atomic mass is 32.1. The molecule has 30 heavy (non-hydrogen) atoms. The Morgan fingerprint density at radius 1 is 1.07 bits per heavy atom. The quantitative estimate of drug-likeness (QED) is 0.527. The number of amides is 1. The minimum absolute atomic E-state index is 0.0289. The molecule has 0 saturated carbocycles. The van der Waals surface area contributed by atoms with E-state index < -0.39 is 17.8 Å². The van der Waals surface area contributed by atoms with Crippen LogP contribution in [0.1, 0.15) is 10.5 Å². The Balaban J connectivity index is 1.58. The molecule has 0 aliphatic carbocycles. The SMILES string of the molecule is O=C(Nc1nc2ccc(OC(F)(F)F)cc2s1)c1ccc(=O)n(-c2ccccc2)n1. The molecule has 7 nitrogen and oxygen atoms in total. The van der Waals surface area contributed by atoms with Crippen LogP contribution in [0.4, 0.5) is 18.3 Å². The molecule has 0 aliphatic rings. The summed E-state index contributed by atoms with van der Waals surface area (Å²) >= 11 is 0.977. The second kappa shape index (κ2) is 7.59. The molecule has 0 atom stereocenters. The van der Waals surface area contributed by atoms with Crippen LogP contribution >= 0.6 is 11.3 Å². The summed E-state index contributed by atoms with van der Waals surface area (Å²) in [5.41, 5.74) is 0.454. The van der Waals surface area contributed by atoms with Gasteiger partial charge in [0.15, 0.2) is 5.13 Å². The number of para-hydroxylation sites is 1. The van der Waals surface area contributed by atoms with Crippen LogP contribution in [0.15, 0.2) is 65.5 Å². The van der Waals surface area contributed by atoms with E-state index in [2.05, 4.69) is 20.1 Å². The first kappa shape index (κ1) is 19.6. The van der Waals surface area contributed by atoms with Crippen molar-refractivity contribution in [3.05, 3.63) is 76.7 Å². The Kier molecular flexibility index (Phi) is 4.96. The fourth-order valence-corrected chi connectivity index (χ4v) is 3.49. The Labute approximate surface area is 170 Å². The van der Waals surface area contributed by atoms with E-state index in [0.717, 1.165) is 22.1 Å². The standard InChI is InChI=1S/C19H11F3N4O3S/c20-19(21,22)29-12-6-7-13-15(10-12)30-18(23-13)24-17(28)14-8-9-16(27)26(25-14)11-4-2-1-3-5-11/h1-10H,(H,23,24,28). The van der Waals surface area contributed by atoms with Gasteiger partial charge in [0.05, 0.1) is 15.9 Å². The molecule has 1 N–H and O–H groups in total. The number of halogens is 3. The van der Waals surface area contributed by atoms with E-state index in [0.29, 0.717) is 15.9 Å². The molecule has 0 aliphatic heterocycles. The zero-order chi connectivity index (χ0) is 21.3. The number of carbonyl (C=O) groups excluding carboxylic acids is 1. The van der Waals surface area contributed by atoms with Crippen LogP contribution in [0.3, 0.4) is 0 Å². The lowest BCUT2D eigenvalue weighted by Crippen LogP contribution is -2.24. The third-order valence-electron chi connectivity index (χ3n) is 3.85. The van der Waals surface area contributed by atoms with Crippen molar-refractivity contribution < 1.29 is 22.7 Å². The molecule has 0 radical (unpaired) electrons.